The molecule has 0 spiro atoms. The first kappa shape index (κ1) is 22.1. The second kappa shape index (κ2) is 10.0. The minimum atomic E-state index is -0.342. The fraction of sp³-hybridized carbons (Fsp3) is 0.185. The Hall–Kier alpha value is -4.06. The smallest absolute Gasteiger partial charge is 0.226 e. The van der Waals surface area contributed by atoms with Gasteiger partial charge >= 0.3 is 0 Å². The summed E-state index contributed by atoms with van der Waals surface area (Å²) in [4.78, 5) is 26.5. The van der Waals surface area contributed by atoms with E-state index in [-0.39, 0.29) is 24.3 Å². The first-order chi connectivity index (χ1) is 16.0. The molecule has 2 amide bonds. The summed E-state index contributed by atoms with van der Waals surface area (Å²) in [7, 11) is 0. The second-order valence-corrected chi connectivity index (χ2v) is 7.67. The van der Waals surface area contributed by atoms with Gasteiger partial charge in [0.1, 0.15) is 17.2 Å². The zero-order valence-electron chi connectivity index (χ0n) is 18.7. The fourth-order valence-electron chi connectivity index (χ4n) is 3.81. The Morgan fingerprint density at radius 1 is 0.909 bits per heavy atom. The van der Waals surface area contributed by atoms with Crippen molar-refractivity contribution in [1.82, 2.24) is 4.90 Å². The molecule has 3 aromatic rings. The lowest BCUT2D eigenvalue weighted by Crippen LogP contribution is -2.33. The van der Waals surface area contributed by atoms with Crippen LogP contribution in [-0.2, 0) is 9.59 Å². The Morgan fingerprint density at radius 2 is 1.55 bits per heavy atom. The van der Waals surface area contributed by atoms with E-state index in [9.17, 15) is 9.59 Å². The molecule has 0 bridgehead atoms. The quantitative estimate of drug-likeness (QED) is 0.504. The van der Waals surface area contributed by atoms with E-state index in [4.69, 9.17) is 9.47 Å². The molecule has 6 heteroatoms. The van der Waals surface area contributed by atoms with Gasteiger partial charge in [-0.05, 0) is 72.7 Å². The van der Waals surface area contributed by atoms with Crippen LogP contribution in [0.4, 0.5) is 5.69 Å². The Balaban J connectivity index is 1.39. The van der Waals surface area contributed by atoms with Gasteiger partial charge in [0, 0.05) is 18.8 Å². The van der Waals surface area contributed by atoms with Crippen molar-refractivity contribution < 1.29 is 19.1 Å². The highest BCUT2D eigenvalue weighted by molar-refractivity contribution is 5.92. The fourth-order valence-corrected chi connectivity index (χ4v) is 3.81. The summed E-state index contributed by atoms with van der Waals surface area (Å²) in [6.45, 7) is 4.06. The SMILES string of the molecule is CCOc1ccc(Oc2ccc(NC(=O)CC3c4ccccc4C=CN3C(C)=O)cc2)cc1. The van der Waals surface area contributed by atoms with E-state index < -0.39 is 0 Å². The molecule has 1 atom stereocenters. The van der Waals surface area contributed by atoms with Gasteiger partial charge in [-0.2, -0.15) is 0 Å². The van der Waals surface area contributed by atoms with Crippen LogP contribution in [0.5, 0.6) is 17.2 Å². The van der Waals surface area contributed by atoms with E-state index in [1.807, 2.05) is 61.5 Å². The Bertz CT molecular complexity index is 1150. The van der Waals surface area contributed by atoms with Crippen molar-refractivity contribution in [3.8, 4) is 17.2 Å². The van der Waals surface area contributed by atoms with Crippen LogP contribution in [0.3, 0.4) is 0 Å². The van der Waals surface area contributed by atoms with E-state index in [2.05, 4.69) is 5.32 Å². The van der Waals surface area contributed by atoms with Crippen molar-refractivity contribution >= 4 is 23.6 Å². The number of carbonyl (C=O) groups excluding carboxylic acids is 2. The largest absolute Gasteiger partial charge is 0.494 e. The number of carbonyl (C=O) groups is 2. The van der Waals surface area contributed by atoms with Crippen LogP contribution < -0.4 is 14.8 Å². The van der Waals surface area contributed by atoms with Crippen LogP contribution in [0.2, 0.25) is 0 Å². The lowest BCUT2D eigenvalue weighted by Gasteiger charge is -2.32. The van der Waals surface area contributed by atoms with Gasteiger partial charge in [0.05, 0.1) is 19.1 Å². The molecule has 1 aliphatic rings. The summed E-state index contributed by atoms with van der Waals surface area (Å²) in [5, 5.41) is 2.92. The van der Waals surface area contributed by atoms with Gasteiger partial charge in [0.15, 0.2) is 0 Å². The van der Waals surface area contributed by atoms with Gasteiger partial charge in [0.25, 0.3) is 0 Å². The minimum absolute atomic E-state index is 0.102. The van der Waals surface area contributed by atoms with Gasteiger partial charge in [0.2, 0.25) is 11.8 Å². The van der Waals surface area contributed by atoms with E-state index in [0.717, 1.165) is 16.9 Å². The molecule has 0 radical (unpaired) electrons. The number of hydrogen-bond donors (Lipinski definition) is 1. The molecule has 33 heavy (non-hydrogen) atoms. The first-order valence-electron chi connectivity index (χ1n) is 10.9. The number of ether oxygens (including phenoxy) is 2. The third-order valence-corrected chi connectivity index (χ3v) is 5.36. The molecule has 1 unspecified atom stereocenters. The molecule has 1 aliphatic heterocycles. The topological polar surface area (TPSA) is 67.9 Å². The van der Waals surface area contributed by atoms with Crippen LogP contribution in [-0.4, -0.2) is 23.3 Å². The third kappa shape index (κ3) is 5.41. The maximum Gasteiger partial charge on any atom is 0.226 e. The highest BCUT2D eigenvalue weighted by Gasteiger charge is 2.28. The highest BCUT2D eigenvalue weighted by Crippen LogP contribution is 2.33. The number of hydrogen-bond acceptors (Lipinski definition) is 4. The molecule has 0 aromatic heterocycles. The Labute approximate surface area is 193 Å². The third-order valence-electron chi connectivity index (χ3n) is 5.36. The zero-order valence-corrected chi connectivity index (χ0v) is 18.7. The maximum atomic E-state index is 12.8. The molecule has 6 nitrogen and oxygen atoms in total. The van der Waals surface area contributed by atoms with Crippen molar-refractivity contribution in [2.75, 3.05) is 11.9 Å². The average molecular weight is 443 g/mol. The van der Waals surface area contributed by atoms with Crippen molar-refractivity contribution in [2.24, 2.45) is 0 Å². The van der Waals surface area contributed by atoms with E-state index in [1.165, 1.54) is 6.92 Å². The van der Waals surface area contributed by atoms with Crippen LogP contribution in [0.25, 0.3) is 6.08 Å². The van der Waals surface area contributed by atoms with Gasteiger partial charge in [-0.1, -0.05) is 24.3 Å². The summed E-state index contributed by atoms with van der Waals surface area (Å²) in [6.07, 6.45) is 3.80. The van der Waals surface area contributed by atoms with Gasteiger partial charge in [-0.25, -0.2) is 0 Å². The lowest BCUT2D eigenvalue weighted by molar-refractivity contribution is -0.129. The van der Waals surface area contributed by atoms with Crippen molar-refractivity contribution in [3.63, 3.8) is 0 Å². The molecule has 1 N–H and O–H groups in total. The number of benzene rings is 3. The number of nitrogens with one attached hydrogen (secondary N) is 1. The predicted octanol–water partition coefficient (Wildman–Crippen LogP) is 5.78. The number of amides is 2. The Morgan fingerprint density at radius 3 is 2.21 bits per heavy atom. The van der Waals surface area contributed by atoms with Crippen LogP contribution in [0.15, 0.2) is 79.0 Å². The molecular formula is C27H26N2O4. The molecule has 0 saturated heterocycles. The predicted molar refractivity (Wildman–Crippen MR) is 128 cm³/mol. The monoisotopic (exact) mass is 442 g/mol. The maximum absolute atomic E-state index is 12.8. The van der Waals surface area contributed by atoms with Crippen LogP contribution >= 0.6 is 0 Å². The van der Waals surface area contributed by atoms with Crippen molar-refractivity contribution in [2.45, 2.75) is 26.3 Å². The normalized spacial score (nSPS) is 14.4. The van der Waals surface area contributed by atoms with Crippen molar-refractivity contribution in [3.05, 3.63) is 90.1 Å². The highest BCUT2D eigenvalue weighted by atomic mass is 16.5. The molecule has 0 aliphatic carbocycles. The molecule has 168 valence electrons. The minimum Gasteiger partial charge on any atom is -0.494 e. The molecule has 0 saturated carbocycles. The van der Waals surface area contributed by atoms with Crippen LogP contribution in [0, 0.1) is 0 Å². The summed E-state index contributed by atoms with van der Waals surface area (Å²) >= 11 is 0. The summed E-state index contributed by atoms with van der Waals surface area (Å²) < 4.78 is 11.3. The Kier molecular flexibility index (Phi) is 6.74. The number of anilines is 1. The standard InChI is InChI=1S/C27H26N2O4/c1-3-32-22-12-14-24(15-13-22)33-23-10-8-21(9-11-23)28-27(31)18-26-25-7-5-4-6-20(25)16-17-29(26)19(2)30/h4-17,26H,3,18H2,1-2H3,(H,28,31). The summed E-state index contributed by atoms with van der Waals surface area (Å²) in [5.41, 5.74) is 2.64. The zero-order chi connectivity index (χ0) is 23.2. The van der Waals surface area contributed by atoms with E-state index in [0.29, 0.717) is 23.8 Å². The number of nitrogens with zero attached hydrogens (tertiary/aromatic N) is 1. The lowest BCUT2D eigenvalue weighted by atomic mass is 9.93. The molecule has 4 rings (SSSR count). The number of fused-ring (bicyclic) bond motifs is 1. The summed E-state index contributed by atoms with van der Waals surface area (Å²) in [6, 6.07) is 22.0. The number of rotatable bonds is 7. The average Bonchev–Trinajstić information content (AvgIpc) is 2.82. The van der Waals surface area contributed by atoms with E-state index in [1.54, 1.807) is 35.4 Å². The van der Waals surface area contributed by atoms with E-state index >= 15 is 0 Å². The molecule has 3 aromatic carbocycles. The van der Waals surface area contributed by atoms with Crippen LogP contribution in [0.1, 0.15) is 37.4 Å². The first-order valence-corrected chi connectivity index (χ1v) is 10.9. The van der Waals surface area contributed by atoms with Crippen molar-refractivity contribution in [1.29, 1.82) is 0 Å². The second-order valence-electron chi connectivity index (χ2n) is 7.67. The molecule has 1 heterocycles. The van der Waals surface area contributed by atoms with Gasteiger partial charge in [-0.3, -0.25) is 9.59 Å². The van der Waals surface area contributed by atoms with Gasteiger partial charge in [-0.15, -0.1) is 0 Å². The van der Waals surface area contributed by atoms with Gasteiger partial charge < -0.3 is 19.7 Å². The summed E-state index contributed by atoms with van der Waals surface area (Å²) in [5.74, 6) is 1.88. The molecular weight excluding hydrogens is 416 g/mol. The molecule has 0 fully saturated rings.